The third-order valence-corrected chi connectivity index (χ3v) is 8.28. The van der Waals surface area contributed by atoms with Gasteiger partial charge in [0, 0.05) is 29.7 Å². The van der Waals surface area contributed by atoms with Gasteiger partial charge in [0.25, 0.3) is 10.0 Å². The summed E-state index contributed by atoms with van der Waals surface area (Å²) in [5.41, 5.74) is 5.86. The van der Waals surface area contributed by atoms with Crippen molar-refractivity contribution in [2.24, 2.45) is 0 Å². The molecule has 0 spiro atoms. The maximum absolute atomic E-state index is 12.6. The van der Waals surface area contributed by atoms with Gasteiger partial charge in [0.2, 0.25) is 0 Å². The molecule has 1 aliphatic heterocycles. The lowest BCUT2D eigenvalue weighted by molar-refractivity contribution is 0.112. The van der Waals surface area contributed by atoms with Crippen LogP contribution >= 0.6 is 0 Å². The second-order valence-corrected chi connectivity index (χ2v) is 12.0. The molecule has 4 rings (SSSR count). The predicted molar refractivity (Wildman–Crippen MR) is 133 cm³/mol. The van der Waals surface area contributed by atoms with Gasteiger partial charge in [0.05, 0.1) is 0 Å². The Hall–Kier alpha value is -1.90. The van der Waals surface area contributed by atoms with E-state index in [0.29, 0.717) is 6.54 Å². The van der Waals surface area contributed by atoms with E-state index in [-0.39, 0.29) is 5.54 Å². The molecule has 2 aliphatic carbocycles. The van der Waals surface area contributed by atoms with Crippen LogP contribution in [-0.2, 0) is 35.7 Å². The summed E-state index contributed by atoms with van der Waals surface area (Å²) in [5.74, 6) is 0. The molecule has 0 radical (unpaired) electrons. The van der Waals surface area contributed by atoms with Crippen LogP contribution in [0.3, 0.4) is 0 Å². The van der Waals surface area contributed by atoms with Crippen LogP contribution in [0.5, 0.6) is 0 Å². The van der Waals surface area contributed by atoms with Gasteiger partial charge in [-0.15, -0.1) is 0 Å². The SMILES string of the molecule is CN(C/C=C/S(=O)(=O)NC(=O)Nc1c2c(cc3c1CCC3)CCC2)CC(C)(C)N1CCCC1. The number of hydrogen-bond donors (Lipinski definition) is 2. The number of amides is 2. The maximum Gasteiger partial charge on any atom is 0.333 e. The molecule has 0 bridgehead atoms. The van der Waals surface area contributed by atoms with E-state index in [2.05, 4.69) is 39.8 Å². The number of anilines is 1. The van der Waals surface area contributed by atoms with Crippen LogP contribution in [0.15, 0.2) is 17.6 Å². The van der Waals surface area contributed by atoms with Crippen LogP contribution in [0.4, 0.5) is 10.5 Å². The number of nitrogens with one attached hydrogen (secondary N) is 2. The van der Waals surface area contributed by atoms with Crippen molar-refractivity contribution in [3.05, 3.63) is 39.8 Å². The van der Waals surface area contributed by atoms with Crippen molar-refractivity contribution >= 4 is 21.7 Å². The molecule has 33 heavy (non-hydrogen) atoms. The van der Waals surface area contributed by atoms with E-state index in [1.54, 1.807) is 6.08 Å². The minimum Gasteiger partial charge on any atom is -0.307 e. The minimum absolute atomic E-state index is 0.0479. The lowest BCUT2D eigenvalue weighted by atomic mass is 9.99. The highest BCUT2D eigenvalue weighted by molar-refractivity contribution is 7.92. The number of aryl methyl sites for hydroxylation is 2. The molecular formula is C25H38N4O3S. The Morgan fingerprint density at radius 2 is 1.67 bits per heavy atom. The number of urea groups is 1. The van der Waals surface area contributed by atoms with Crippen LogP contribution in [0.1, 0.15) is 61.8 Å². The Morgan fingerprint density at radius 1 is 1.06 bits per heavy atom. The highest BCUT2D eigenvalue weighted by Gasteiger charge is 2.30. The fraction of sp³-hybridized carbons (Fsp3) is 0.640. The topological polar surface area (TPSA) is 81.8 Å². The van der Waals surface area contributed by atoms with Crippen molar-refractivity contribution in [3.8, 4) is 0 Å². The van der Waals surface area contributed by atoms with Crippen molar-refractivity contribution in [1.82, 2.24) is 14.5 Å². The van der Waals surface area contributed by atoms with E-state index in [9.17, 15) is 13.2 Å². The van der Waals surface area contributed by atoms with Gasteiger partial charge in [-0.1, -0.05) is 12.1 Å². The van der Waals surface area contributed by atoms with Crippen LogP contribution in [0.25, 0.3) is 0 Å². The molecule has 182 valence electrons. The van der Waals surface area contributed by atoms with Gasteiger partial charge in [-0.3, -0.25) is 4.90 Å². The Balaban J connectivity index is 1.33. The largest absolute Gasteiger partial charge is 0.333 e. The van der Waals surface area contributed by atoms with Gasteiger partial charge in [-0.05, 0) is 108 Å². The highest BCUT2D eigenvalue weighted by Crippen LogP contribution is 2.38. The van der Waals surface area contributed by atoms with Gasteiger partial charge in [-0.25, -0.2) is 17.9 Å². The van der Waals surface area contributed by atoms with E-state index in [4.69, 9.17) is 0 Å². The summed E-state index contributed by atoms with van der Waals surface area (Å²) in [4.78, 5) is 17.2. The van der Waals surface area contributed by atoms with E-state index < -0.39 is 16.1 Å². The van der Waals surface area contributed by atoms with Crippen molar-refractivity contribution < 1.29 is 13.2 Å². The van der Waals surface area contributed by atoms with Crippen LogP contribution < -0.4 is 10.0 Å². The molecule has 0 saturated carbocycles. The monoisotopic (exact) mass is 474 g/mol. The van der Waals surface area contributed by atoms with Crippen LogP contribution in [-0.4, -0.2) is 63.0 Å². The van der Waals surface area contributed by atoms with Crippen LogP contribution in [0.2, 0.25) is 0 Å². The molecule has 0 atom stereocenters. The fourth-order valence-corrected chi connectivity index (χ4v) is 6.48. The number of likely N-dealkylation sites (tertiary alicyclic amines) is 1. The number of fused-ring (bicyclic) bond motifs is 2. The van der Waals surface area contributed by atoms with E-state index in [0.717, 1.165) is 69.3 Å². The summed E-state index contributed by atoms with van der Waals surface area (Å²) in [6.45, 7) is 8.06. The summed E-state index contributed by atoms with van der Waals surface area (Å²) in [6, 6.07) is 1.60. The molecule has 2 amide bonds. The average Bonchev–Trinajstić information content (AvgIpc) is 3.48. The molecule has 1 saturated heterocycles. The number of carbonyl (C=O) groups excluding carboxylic acids is 1. The summed E-state index contributed by atoms with van der Waals surface area (Å²) >= 11 is 0. The second kappa shape index (κ2) is 9.76. The fourth-order valence-electron chi connectivity index (χ4n) is 5.77. The zero-order valence-corrected chi connectivity index (χ0v) is 21.1. The number of hydrogen-bond acceptors (Lipinski definition) is 5. The summed E-state index contributed by atoms with van der Waals surface area (Å²) in [6.07, 6.45) is 10.2. The summed E-state index contributed by atoms with van der Waals surface area (Å²) in [5, 5.41) is 3.98. The molecule has 8 heteroatoms. The average molecular weight is 475 g/mol. The number of sulfonamides is 1. The molecule has 1 aromatic carbocycles. The quantitative estimate of drug-likeness (QED) is 0.603. The zero-order valence-electron chi connectivity index (χ0n) is 20.2. The molecule has 0 aromatic heterocycles. The van der Waals surface area contributed by atoms with E-state index >= 15 is 0 Å². The summed E-state index contributed by atoms with van der Waals surface area (Å²) in [7, 11) is -1.87. The van der Waals surface area contributed by atoms with Gasteiger partial charge >= 0.3 is 6.03 Å². The lowest BCUT2D eigenvalue weighted by Crippen LogP contribution is -2.49. The molecule has 2 N–H and O–H groups in total. The third-order valence-electron chi connectivity index (χ3n) is 7.26. The Labute approximate surface area is 198 Å². The maximum atomic E-state index is 12.6. The number of benzene rings is 1. The van der Waals surface area contributed by atoms with Crippen molar-refractivity contribution in [1.29, 1.82) is 0 Å². The van der Waals surface area contributed by atoms with Crippen molar-refractivity contribution in [2.75, 3.05) is 38.5 Å². The van der Waals surface area contributed by atoms with Crippen molar-refractivity contribution in [2.45, 2.75) is 70.8 Å². The minimum atomic E-state index is -3.86. The first-order chi connectivity index (χ1) is 15.6. The first kappa shape index (κ1) is 24.2. The number of carbonyl (C=O) groups is 1. The predicted octanol–water partition coefficient (Wildman–Crippen LogP) is 3.44. The molecular weight excluding hydrogens is 436 g/mol. The summed E-state index contributed by atoms with van der Waals surface area (Å²) < 4.78 is 27.1. The number of nitrogens with zero attached hydrogens (tertiary/aromatic N) is 2. The standard InChI is InChI=1S/C25H38N4O3S/c1-25(2,29-14-4-5-15-29)18-28(3)13-8-16-33(31,32)27-24(30)26-23-21-11-6-9-19(21)17-20-10-7-12-22(20)23/h8,16-17H,4-7,9-15,18H2,1-3H3,(H2,26,27,30)/b16-8+. The van der Waals surface area contributed by atoms with Gasteiger partial charge in [0.15, 0.2) is 0 Å². The van der Waals surface area contributed by atoms with Gasteiger partial charge in [0.1, 0.15) is 0 Å². The second-order valence-electron chi connectivity index (χ2n) is 10.4. The van der Waals surface area contributed by atoms with Crippen molar-refractivity contribution in [3.63, 3.8) is 0 Å². The molecule has 0 unspecified atom stereocenters. The lowest BCUT2D eigenvalue weighted by Gasteiger charge is -2.38. The Bertz CT molecular complexity index is 994. The molecule has 1 fully saturated rings. The normalized spacial score (nSPS) is 18.8. The van der Waals surface area contributed by atoms with E-state index in [1.165, 1.54) is 35.1 Å². The highest BCUT2D eigenvalue weighted by atomic mass is 32.2. The number of rotatable bonds is 8. The molecule has 7 nitrogen and oxygen atoms in total. The Kier molecular flexibility index (Phi) is 7.17. The Morgan fingerprint density at radius 3 is 2.27 bits per heavy atom. The van der Waals surface area contributed by atoms with Gasteiger partial charge < -0.3 is 10.2 Å². The number of likely N-dealkylation sites (N-methyl/N-ethyl adjacent to an activating group) is 1. The third kappa shape index (κ3) is 5.78. The van der Waals surface area contributed by atoms with Gasteiger partial charge in [-0.2, -0.15) is 0 Å². The van der Waals surface area contributed by atoms with E-state index in [1.807, 2.05) is 7.05 Å². The first-order valence-electron chi connectivity index (χ1n) is 12.2. The zero-order chi connectivity index (χ0) is 23.6. The van der Waals surface area contributed by atoms with Crippen LogP contribution in [0, 0.1) is 0 Å². The molecule has 3 aliphatic rings. The molecule has 1 heterocycles. The first-order valence-corrected chi connectivity index (χ1v) is 13.8. The smallest absolute Gasteiger partial charge is 0.307 e. The molecule has 1 aromatic rings.